The monoisotopic (exact) mass is 291 g/mol. The van der Waals surface area contributed by atoms with Gasteiger partial charge in [-0.3, -0.25) is 4.90 Å². The Kier molecular flexibility index (Phi) is 3.54. The summed E-state index contributed by atoms with van der Waals surface area (Å²) in [7, 11) is 0. The van der Waals surface area contributed by atoms with Gasteiger partial charge in [0.25, 0.3) is 0 Å². The summed E-state index contributed by atoms with van der Waals surface area (Å²) in [6, 6.07) is 18.0. The second-order valence-electron chi connectivity index (χ2n) is 7.14. The third-order valence-electron chi connectivity index (χ3n) is 5.93. The molecule has 2 aromatic carbocycles. The van der Waals surface area contributed by atoms with Crippen molar-refractivity contribution in [1.82, 2.24) is 4.90 Å². The van der Waals surface area contributed by atoms with E-state index in [0.29, 0.717) is 5.41 Å². The van der Waals surface area contributed by atoms with Gasteiger partial charge in [0.1, 0.15) is 0 Å². The van der Waals surface area contributed by atoms with Crippen LogP contribution in [-0.2, 0) is 18.4 Å². The zero-order chi connectivity index (χ0) is 15.0. The highest BCUT2D eigenvalue weighted by Gasteiger charge is 2.40. The number of piperidine rings is 1. The second kappa shape index (κ2) is 5.55. The van der Waals surface area contributed by atoms with E-state index in [4.69, 9.17) is 0 Å². The van der Waals surface area contributed by atoms with Crippen molar-refractivity contribution >= 4 is 0 Å². The van der Waals surface area contributed by atoms with Crippen molar-refractivity contribution in [3.63, 3.8) is 0 Å². The largest absolute Gasteiger partial charge is 0.299 e. The van der Waals surface area contributed by atoms with Crippen molar-refractivity contribution < 1.29 is 0 Å². The van der Waals surface area contributed by atoms with Gasteiger partial charge in [-0.15, -0.1) is 0 Å². The van der Waals surface area contributed by atoms with E-state index in [0.717, 1.165) is 6.54 Å². The molecule has 0 N–H and O–H groups in total. The first-order valence-corrected chi connectivity index (χ1v) is 8.62. The van der Waals surface area contributed by atoms with Gasteiger partial charge < -0.3 is 0 Å². The maximum Gasteiger partial charge on any atom is 0.0236 e. The molecule has 1 heterocycles. The molecule has 1 saturated heterocycles. The van der Waals surface area contributed by atoms with Gasteiger partial charge in [-0.1, -0.05) is 48.5 Å². The van der Waals surface area contributed by atoms with Crippen LogP contribution in [-0.4, -0.2) is 18.0 Å². The van der Waals surface area contributed by atoms with Gasteiger partial charge in [-0.25, -0.2) is 0 Å². The van der Waals surface area contributed by atoms with Crippen LogP contribution in [0.2, 0.25) is 0 Å². The molecule has 22 heavy (non-hydrogen) atoms. The first-order valence-electron chi connectivity index (χ1n) is 8.62. The highest BCUT2D eigenvalue weighted by molar-refractivity contribution is 5.39. The molecular formula is C21H25N. The van der Waals surface area contributed by atoms with Crippen molar-refractivity contribution in [3.8, 4) is 0 Å². The summed E-state index contributed by atoms with van der Waals surface area (Å²) in [6.45, 7) is 5.82. The zero-order valence-corrected chi connectivity index (χ0v) is 13.5. The van der Waals surface area contributed by atoms with Crippen LogP contribution < -0.4 is 0 Å². The zero-order valence-electron chi connectivity index (χ0n) is 13.5. The van der Waals surface area contributed by atoms with Gasteiger partial charge in [0.05, 0.1) is 0 Å². The van der Waals surface area contributed by atoms with Crippen molar-refractivity contribution in [2.75, 3.05) is 13.1 Å². The minimum atomic E-state index is 0.485. The van der Waals surface area contributed by atoms with Gasteiger partial charge in [0, 0.05) is 6.54 Å². The molecule has 0 atom stereocenters. The molecule has 2 aliphatic rings. The molecular weight excluding hydrogens is 266 g/mol. The molecule has 1 heteroatoms. The van der Waals surface area contributed by atoms with Gasteiger partial charge in [0.2, 0.25) is 0 Å². The predicted octanol–water partition coefficient (Wildman–Crippen LogP) is 4.48. The molecule has 0 radical (unpaired) electrons. The van der Waals surface area contributed by atoms with Crippen LogP contribution in [0.25, 0.3) is 0 Å². The van der Waals surface area contributed by atoms with Gasteiger partial charge >= 0.3 is 0 Å². The van der Waals surface area contributed by atoms with Crippen LogP contribution in [0, 0.1) is 6.92 Å². The van der Waals surface area contributed by atoms with E-state index in [1.165, 1.54) is 49.9 Å². The number of fused-ring (bicyclic) bond motifs is 2. The quantitative estimate of drug-likeness (QED) is 0.789. The average Bonchev–Trinajstić information content (AvgIpc) is 2.91. The highest BCUT2D eigenvalue weighted by atomic mass is 15.1. The lowest BCUT2D eigenvalue weighted by Crippen LogP contribution is -2.41. The second-order valence-corrected chi connectivity index (χ2v) is 7.14. The molecule has 1 aliphatic carbocycles. The fourth-order valence-electron chi connectivity index (χ4n) is 4.45. The highest BCUT2D eigenvalue weighted by Crippen LogP contribution is 2.46. The standard InChI is InChI=1S/C21H25N/c1-17-6-2-3-8-19(17)16-22-14-12-21(13-15-22)11-10-18-7-4-5-9-20(18)21/h2-9H,10-16H2,1H3. The fraction of sp³-hybridized carbons (Fsp3) is 0.429. The molecule has 0 aromatic heterocycles. The molecule has 0 amide bonds. The lowest BCUT2D eigenvalue weighted by molar-refractivity contribution is 0.152. The molecule has 114 valence electrons. The molecule has 1 aliphatic heterocycles. The Morgan fingerprint density at radius 3 is 2.45 bits per heavy atom. The van der Waals surface area contributed by atoms with E-state index in [9.17, 15) is 0 Å². The number of hydrogen-bond acceptors (Lipinski definition) is 1. The summed E-state index contributed by atoms with van der Waals surface area (Å²) in [6.07, 6.45) is 5.31. The molecule has 4 rings (SSSR count). The maximum atomic E-state index is 2.65. The molecule has 1 fully saturated rings. The van der Waals surface area contributed by atoms with Crippen molar-refractivity contribution in [2.45, 2.75) is 44.6 Å². The molecule has 0 unspecified atom stereocenters. The summed E-state index contributed by atoms with van der Waals surface area (Å²) in [4.78, 5) is 2.65. The molecule has 1 nitrogen and oxygen atoms in total. The minimum Gasteiger partial charge on any atom is -0.299 e. The number of likely N-dealkylation sites (tertiary alicyclic amines) is 1. The normalized spacial score (nSPS) is 20.2. The summed E-state index contributed by atoms with van der Waals surface area (Å²) in [5.41, 5.74) is 6.67. The van der Waals surface area contributed by atoms with Crippen molar-refractivity contribution in [1.29, 1.82) is 0 Å². The van der Waals surface area contributed by atoms with Crippen LogP contribution >= 0.6 is 0 Å². The van der Waals surface area contributed by atoms with Gasteiger partial charge in [-0.2, -0.15) is 0 Å². The number of hydrogen-bond donors (Lipinski definition) is 0. The summed E-state index contributed by atoms with van der Waals surface area (Å²) in [5.74, 6) is 0. The number of benzene rings is 2. The Labute approximate surface area is 134 Å². The Bertz CT molecular complexity index is 665. The van der Waals surface area contributed by atoms with E-state index < -0.39 is 0 Å². The molecule has 1 spiro atoms. The SMILES string of the molecule is Cc1ccccc1CN1CCC2(CCc3ccccc32)CC1. The molecule has 2 aromatic rings. The topological polar surface area (TPSA) is 3.24 Å². The molecule has 0 saturated carbocycles. The van der Waals surface area contributed by atoms with E-state index in [1.807, 2.05) is 0 Å². The van der Waals surface area contributed by atoms with Gasteiger partial charge in [-0.05, 0) is 73.4 Å². The van der Waals surface area contributed by atoms with Crippen LogP contribution in [0.15, 0.2) is 48.5 Å². The first kappa shape index (κ1) is 14.0. The van der Waals surface area contributed by atoms with Crippen LogP contribution in [0.1, 0.15) is 41.5 Å². The van der Waals surface area contributed by atoms with E-state index >= 15 is 0 Å². The predicted molar refractivity (Wildman–Crippen MR) is 92.1 cm³/mol. The Hall–Kier alpha value is -1.60. The smallest absolute Gasteiger partial charge is 0.0236 e. The van der Waals surface area contributed by atoms with Gasteiger partial charge in [0.15, 0.2) is 0 Å². The Morgan fingerprint density at radius 2 is 1.64 bits per heavy atom. The Morgan fingerprint density at radius 1 is 0.909 bits per heavy atom. The fourth-order valence-corrected chi connectivity index (χ4v) is 4.45. The summed E-state index contributed by atoms with van der Waals surface area (Å²) >= 11 is 0. The minimum absolute atomic E-state index is 0.485. The third kappa shape index (κ3) is 2.38. The number of nitrogens with zero attached hydrogens (tertiary/aromatic N) is 1. The van der Waals surface area contributed by atoms with Crippen molar-refractivity contribution in [2.24, 2.45) is 0 Å². The maximum absolute atomic E-state index is 2.65. The Balaban J connectivity index is 1.47. The van der Waals surface area contributed by atoms with Crippen LogP contribution in [0.5, 0.6) is 0 Å². The average molecular weight is 291 g/mol. The third-order valence-corrected chi connectivity index (χ3v) is 5.93. The lowest BCUT2D eigenvalue weighted by Gasteiger charge is -2.40. The lowest BCUT2D eigenvalue weighted by atomic mass is 9.74. The summed E-state index contributed by atoms with van der Waals surface area (Å²) < 4.78 is 0. The number of rotatable bonds is 2. The summed E-state index contributed by atoms with van der Waals surface area (Å²) in [5, 5.41) is 0. The number of aryl methyl sites for hydroxylation is 2. The van der Waals surface area contributed by atoms with Crippen molar-refractivity contribution in [3.05, 3.63) is 70.8 Å². The van der Waals surface area contributed by atoms with E-state index in [2.05, 4.69) is 60.4 Å². The van der Waals surface area contributed by atoms with E-state index in [-0.39, 0.29) is 0 Å². The first-order chi connectivity index (χ1) is 10.8. The molecule has 0 bridgehead atoms. The van der Waals surface area contributed by atoms with Crippen LogP contribution in [0.4, 0.5) is 0 Å². The van der Waals surface area contributed by atoms with E-state index in [1.54, 1.807) is 11.1 Å². The van der Waals surface area contributed by atoms with Crippen LogP contribution in [0.3, 0.4) is 0 Å².